The van der Waals surface area contributed by atoms with Gasteiger partial charge in [-0.15, -0.1) is 0 Å². The van der Waals surface area contributed by atoms with Crippen molar-refractivity contribution in [3.63, 3.8) is 0 Å². The van der Waals surface area contributed by atoms with Gasteiger partial charge in [0.2, 0.25) is 5.95 Å². The molecule has 134 valence electrons. The number of aromatic amines is 1. The molecule has 0 atom stereocenters. The Hall–Kier alpha value is -2.80. The first-order valence-corrected chi connectivity index (χ1v) is 9.03. The van der Waals surface area contributed by atoms with E-state index in [0.717, 1.165) is 49.8 Å². The van der Waals surface area contributed by atoms with Crippen molar-refractivity contribution in [3.8, 4) is 0 Å². The summed E-state index contributed by atoms with van der Waals surface area (Å²) in [4.78, 5) is 30.4. The zero-order valence-electron chi connectivity index (χ0n) is 14.6. The number of piperidine rings is 1. The number of anilines is 1. The van der Waals surface area contributed by atoms with Crippen molar-refractivity contribution in [3.05, 3.63) is 58.9 Å². The van der Waals surface area contributed by atoms with Crippen molar-refractivity contribution in [2.24, 2.45) is 0 Å². The largest absolute Gasteiger partial charge is 0.341 e. The Morgan fingerprint density at radius 3 is 2.69 bits per heavy atom. The lowest BCUT2D eigenvalue weighted by molar-refractivity contribution is 0.413. The maximum absolute atomic E-state index is 12.1. The van der Waals surface area contributed by atoms with Gasteiger partial charge < -0.3 is 15.2 Å². The highest BCUT2D eigenvalue weighted by Gasteiger charge is 2.20. The summed E-state index contributed by atoms with van der Waals surface area (Å²) in [5.74, 6) is 1.54. The molecule has 1 saturated heterocycles. The number of aromatic nitrogens is 4. The second-order valence-corrected chi connectivity index (χ2v) is 6.54. The van der Waals surface area contributed by atoms with E-state index in [1.165, 1.54) is 0 Å². The second kappa shape index (κ2) is 7.61. The third-order valence-electron chi connectivity index (χ3n) is 4.79. The number of benzene rings is 1. The average Bonchev–Trinajstić information content (AvgIpc) is 2.69. The molecule has 0 aliphatic carbocycles. The zero-order valence-corrected chi connectivity index (χ0v) is 14.6. The minimum Gasteiger partial charge on any atom is -0.341 e. The highest BCUT2D eigenvalue weighted by molar-refractivity contribution is 5.77. The third-order valence-corrected chi connectivity index (χ3v) is 4.79. The first kappa shape index (κ1) is 16.7. The number of para-hydroxylation sites is 1. The Kier molecular flexibility index (Phi) is 4.88. The van der Waals surface area contributed by atoms with E-state index in [1.807, 2.05) is 24.3 Å². The highest BCUT2D eigenvalue weighted by Crippen LogP contribution is 2.15. The van der Waals surface area contributed by atoms with E-state index >= 15 is 0 Å². The van der Waals surface area contributed by atoms with E-state index in [0.29, 0.717) is 17.8 Å². The molecular formula is C19H22N6O. The Balaban J connectivity index is 1.29. The summed E-state index contributed by atoms with van der Waals surface area (Å²) in [5, 5.41) is 4.22. The van der Waals surface area contributed by atoms with Crippen LogP contribution in [0.25, 0.3) is 10.9 Å². The first-order chi connectivity index (χ1) is 12.8. The number of rotatable bonds is 5. The molecule has 1 aromatic carbocycles. The summed E-state index contributed by atoms with van der Waals surface area (Å²) in [5.41, 5.74) is 0.684. The van der Waals surface area contributed by atoms with Crippen LogP contribution in [-0.4, -0.2) is 45.6 Å². The van der Waals surface area contributed by atoms with Gasteiger partial charge in [-0.25, -0.2) is 15.0 Å². The van der Waals surface area contributed by atoms with Gasteiger partial charge in [0.05, 0.1) is 10.9 Å². The SMILES string of the molecule is O=c1[nH]c(CCNC2CCN(c3ncccn3)CC2)nc2ccccc12. The van der Waals surface area contributed by atoms with Crippen molar-refractivity contribution < 1.29 is 0 Å². The normalized spacial score (nSPS) is 15.5. The topological polar surface area (TPSA) is 86.8 Å². The van der Waals surface area contributed by atoms with Crippen LogP contribution in [-0.2, 0) is 6.42 Å². The van der Waals surface area contributed by atoms with Crippen molar-refractivity contribution in [1.29, 1.82) is 0 Å². The van der Waals surface area contributed by atoms with E-state index in [4.69, 9.17) is 0 Å². The number of nitrogens with one attached hydrogen (secondary N) is 2. The molecule has 1 fully saturated rings. The Labute approximate surface area is 151 Å². The lowest BCUT2D eigenvalue weighted by atomic mass is 10.1. The smallest absolute Gasteiger partial charge is 0.258 e. The maximum atomic E-state index is 12.1. The Morgan fingerprint density at radius 2 is 1.88 bits per heavy atom. The van der Waals surface area contributed by atoms with E-state index < -0.39 is 0 Å². The molecule has 1 aliphatic heterocycles. The molecule has 3 aromatic rings. The molecule has 1 aliphatic rings. The predicted octanol–water partition coefficient (Wildman–Crippen LogP) is 1.51. The number of hydrogen-bond acceptors (Lipinski definition) is 6. The quantitative estimate of drug-likeness (QED) is 0.725. The molecule has 2 N–H and O–H groups in total. The van der Waals surface area contributed by atoms with Gasteiger partial charge in [-0.3, -0.25) is 4.79 Å². The fourth-order valence-electron chi connectivity index (χ4n) is 3.39. The standard InChI is InChI=1S/C19H22N6O/c26-18-15-4-1-2-5-16(15)23-17(24-18)6-11-20-14-7-12-25(13-8-14)19-21-9-3-10-22-19/h1-5,9-10,14,20H,6-8,11-13H2,(H,23,24,26). The molecule has 0 spiro atoms. The summed E-state index contributed by atoms with van der Waals surface area (Å²) in [6.45, 7) is 2.70. The van der Waals surface area contributed by atoms with Crippen LogP contribution in [0.3, 0.4) is 0 Å². The van der Waals surface area contributed by atoms with Crippen molar-refractivity contribution in [2.45, 2.75) is 25.3 Å². The molecular weight excluding hydrogens is 328 g/mol. The van der Waals surface area contributed by atoms with Crippen LogP contribution >= 0.6 is 0 Å². The fourth-order valence-corrected chi connectivity index (χ4v) is 3.39. The molecule has 0 radical (unpaired) electrons. The van der Waals surface area contributed by atoms with Gasteiger partial charge in [0.25, 0.3) is 5.56 Å². The molecule has 0 bridgehead atoms. The van der Waals surface area contributed by atoms with Crippen LogP contribution in [0.2, 0.25) is 0 Å². The number of hydrogen-bond donors (Lipinski definition) is 2. The van der Waals surface area contributed by atoms with E-state index in [9.17, 15) is 4.79 Å². The maximum Gasteiger partial charge on any atom is 0.258 e. The molecule has 0 unspecified atom stereocenters. The highest BCUT2D eigenvalue weighted by atomic mass is 16.1. The molecule has 4 rings (SSSR count). The monoisotopic (exact) mass is 350 g/mol. The molecule has 0 saturated carbocycles. The molecule has 26 heavy (non-hydrogen) atoms. The minimum atomic E-state index is -0.0678. The number of H-pyrrole nitrogens is 1. The van der Waals surface area contributed by atoms with Gasteiger partial charge in [0.1, 0.15) is 5.82 Å². The number of fused-ring (bicyclic) bond motifs is 1. The van der Waals surface area contributed by atoms with E-state index in [1.54, 1.807) is 18.5 Å². The van der Waals surface area contributed by atoms with Crippen LogP contribution < -0.4 is 15.8 Å². The predicted molar refractivity (Wildman–Crippen MR) is 101 cm³/mol. The van der Waals surface area contributed by atoms with Gasteiger partial charge in [-0.2, -0.15) is 0 Å². The fraction of sp³-hybridized carbons (Fsp3) is 0.368. The van der Waals surface area contributed by atoms with Crippen LogP contribution in [0.4, 0.5) is 5.95 Å². The van der Waals surface area contributed by atoms with E-state index in [-0.39, 0.29) is 5.56 Å². The third kappa shape index (κ3) is 3.72. The summed E-state index contributed by atoms with van der Waals surface area (Å²) in [7, 11) is 0. The van der Waals surface area contributed by atoms with Crippen LogP contribution in [0.5, 0.6) is 0 Å². The first-order valence-electron chi connectivity index (χ1n) is 9.03. The van der Waals surface area contributed by atoms with Crippen molar-refractivity contribution >= 4 is 16.9 Å². The van der Waals surface area contributed by atoms with Crippen molar-refractivity contribution in [1.82, 2.24) is 25.3 Å². The summed E-state index contributed by atoms with van der Waals surface area (Å²) in [6.07, 6.45) is 6.38. The second-order valence-electron chi connectivity index (χ2n) is 6.54. The van der Waals surface area contributed by atoms with Gasteiger partial charge in [-0.05, 0) is 31.0 Å². The zero-order chi connectivity index (χ0) is 17.8. The lowest BCUT2D eigenvalue weighted by Crippen LogP contribution is -2.43. The van der Waals surface area contributed by atoms with Crippen molar-refractivity contribution in [2.75, 3.05) is 24.5 Å². The molecule has 7 heteroatoms. The Bertz CT molecular complexity index is 918. The Morgan fingerprint density at radius 1 is 1.12 bits per heavy atom. The van der Waals surface area contributed by atoms with Crippen LogP contribution in [0, 0.1) is 0 Å². The molecule has 2 aromatic heterocycles. The molecule has 3 heterocycles. The lowest BCUT2D eigenvalue weighted by Gasteiger charge is -2.32. The van der Waals surface area contributed by atoms with Crippen LogP contribution in [0.1, 0.15) is 18.7 Å². The molecule has 0 amide bonds. The summed E-state index contributed by atoms with van der Waals surface area (Å²) < 4.78 is 0. The van der Waals surface area contributed by atoms with Gasteiger partial charge in [0.15, 0.2) is 0 Å². The van der Waals surface area contributed by atoms with E-state index in [2.05, 4.69) is 30.2 Å². The molecule has 7 nitrogen and oxygen atoms in total. The summed E-state index contributed by atoms with van der Waals surface area (Å²) in [6, 6.07) is 9.75. The van der Waals surface area contributed by atoms with Gasteiger partial charge in [0, 0.05) is 44.5 Å². The van der Waals surface area contributed by atoms with Crippen LogP contribution in [0.15, 0.2) is 47.5 Å². The summed E-state index contributed by atoms with van der Waals surface area (Å²) >= 11 is 0. The average molecular weight is 350 g/mol. The van der Waals surface area contributed by atoms with Gasteiger partial charge >= 0.3 is 0 Å². The van der Waals surface area contributed by atoms with Gasteiger partial charge in [-0.1, -0.05) is 12.1 Å². The minimum absolute atomic E-state index is 0.0678. The number of nitrogens with zero attached hydrogens (tertiary/aromatic N) is 4.